The van der Waals surface area contributed by atoms with Crippen LogP contribution in [-0.2, 0) is 29.0 Å². The van der Waals surface area contributed by atoms with E-state index < -0.39 is 6.04 Å². The van der Waals surface area contributed by atoms with E-state index in [0.717, 1.165) is 36.8 Å². The van der Waals surface area contributed by atoms with Crippen LogP contribution in [0.4, 0.5) is 0 Å². The fourth-order valence-corrected chi connectivity index (χ4v) is 5.51. The number of hydrogen-bond donors (Lipinski definition) is 1. The zero-order valence-electron chi connectivity index (χ0n) is 20.6. The molecule has 0 spiro atoms. The molecule has 7 heteroatoms. The third-order valence-corrected chi connectivity index (χ3v) is 7.83. The number of carbonyl (C=O) groups is 2. The number of nitrogens with one attached hydrogen (secondary N) is 1. The van der Waals surface area contributed by atoms with Crippen molar-refractivity contribution in [2.24, 2.45) is 0 Å². The molecule has 4 nitrogen and oxygen atoms in total. The van der Waals surface area contributed by atoms with Crippen molar-refractivity contribution in [2.75, 3.05) is 0 Å². The van der Waals surface area contributed by atoms with E-state index >= 15 is 0 Å². The highest BCUT2D eigenvalue weighted by Crippen LogP contribution is 2.26. The fourth-order valence-electron chi connectivity index (χ4n) is 4.84. The Balaban J connectivity index is 1.68. The summed E-state index contributed by atoms with van der Waals surface area (Å²) in [5, 5.41) is 4.73. The molecular weight excluding hydrogens is 527 g/mol. The molecule has 2 amide bonds. The minimum Gasteiger partial charge on any atom is -0.352 e. The van der Waals surface area contributed by atoms with Crippen molar-refractivity contribution in [1.82, 2.24) is 10.2 Å². The van der Waals surface area contributed by atoms with Crippen LogP contribution in [0, 0.1) is 0 Å². The van der Waals surface area contributed by atoms with Gasteiger partial charge in [-0.05, 0) is 47.7 Å². The van der Waals surface area contributed by atoms with Gasteiger partial charge in [0.1, 0.15) is 6.04 Å². The first kappa shape index (κ1) is 27.5. The summed E-state index contributed by atoms with van der Waals surface area (Å²) in [4.78, 5) is 29.4. The molecule has 0 aromatic heterocycles. The van der Waals surface area contributed by atoms with Gasteiger partial charge in [-0.1, -0.05) is 109 Å². The molecule has 1 aliphatic rings. The topological polar surface area (TPSA) is 49.4 Å². The monoisotopic (exact) mass is 556 g/mol. The van der Waals surface area contributed by atoms with Gasteiger partial charge >= 0.3 is 0 Å². The summed E-state index contributed by atoms with van der Waals surface area (Å²) in [5.74, 6) is -0.341. The number of benzene rings is 3. The second kappa shape index (κ2) is 13.3. The quantitative estimate of drug-likeness (QED) is 0.301. The minimum atomic E-state index is -0.717. The van der Waals surface area contributed by atoms with Crippen molar-refractivity contribution in [2.45, 2.75) is 63.6 Å². The standard InChI is InChI=1S/C30H31Cl3N2O2/c31-24-16-15-23(27(33)19-24)20-35(29(36)18-22-11-7-8-14-26(22)32)28(17-21-9-3-1-4-10-21)30(37)34-25-12-5-2-6-13-25/h1,3-4,7-11,14-16,19,25,28H,2,5-6,12-13,17-18,20H2,(H,34,37)/t28-/m0/s1. The van der Waals surface area contributed by atoms with Crippen LogP contribution in [0.1, 0.15) is 48.8 Å². The summed E-state index contributed by atoms with van der Waals surface area (Å²) in [6.07, 6.45) is 5.78. The Morgan fingerprint density at radius 2 is 1.54 bits per heavy atom. The first-order valence-electron chi connectivity index (χ1n) is 12.7. The van der Waals surface area contributed by atoms with Crippen LogP contribution >= 0.6 is 34.8 Å². The molecule has 4 rings (SSSR count). The first-order valence-corrected chi connectivity index (χ1v) is 13.8. The molecule has 1 saturated carbocycles. The van der Waals surface area contributed by atoms with Gasteiger partial charge in [0.25, 0.3) is 0 Å². The largest absolute Gasteiger partial charge is 0.352 e. The van der Waals surface area contributed by atoms with Crippen molar-refractivity contribution in [1.29, 1.82) is 0 Å². The average molecular weight is 558 g/mol. The Morgan fingerprint density at radius 1 is 0.838 bits per heavy atom. The second-order valence-corrected chi connectivity index (χ2v) is 10.8. The van der Waals surface area contributed by atoms with Gasteiger partial charge in [0.2, 0.25) is 11.8 Å². The van der Waals surface area contributed by atoms with E-state index in [2.05, 4.69) is 5.32 Å². The lowest BCUT2D eigenvalue weighted by Crippen LogP contribution is -2.53. The number of carbonyl (C=O) groups excluding carboxylic acids is 2. The van der Waals surface area contributed by atoms with Crippen LogP contribution in [0.5, 0.6) is 0 Å². The van der Waals surface area contributed by atoms with Crippen LogP contribution < -0.4 is 5.32 Å². The lowest BCUT2D eigenvalue weighted by atomic mass is 9.94. The van der Waals surface area contributed by atoms with Gasteiger partial charge in [0, 0.05) is 34.1 Å². The van der Waals surface area contributed by atoms with E-state index in [-0.39, 0.29) is 30.8 Å². The van der Waals surface area contributed by atoms with Crippen LogP contribution in [0.3, 0.4) is 0 Å². The fraction of sp³-hybridized carbons (Fsp3) is 0.333. The van der Waals surface area contributed by atoms with E-state index in [4.69, 9.17) is 34.8 Å². The average Bonchev–Trinajstić information content (AvgIpc) is 2.89. The summed E-state index contributed by atoms with van der Waals surface area (Å²) in [5.41, 5.74) is 2.42. The van der Waals surface area contributed by atoms with E-state index in [0.29, 0.717) is 27.1 Å². The Labute approximate surface area is 233 Å². The van der Waals surface area contributed by atoms with Gasteiger partial charge in [-0.2, -0.15) is 0 Å². The third kappa shape index (κ3) is 7.73. The molecule has 194 valence electrons. The molecule has 0 saturated heterocycles. The number of halogens is 3. The van der Waals surface area contributed by atoms with E-state index in [1.807, 2.05) is 48.5 Å². The molecule has 0 unspecified atom stereocenters. The lowest BCUT2D eigenvalue weighted by molar-refractivity contribution is -0.141. The molecule has 0 bridgehead atoms. The smallest absolute Gasteiger partial charge is 0.243 e. The van der Waals surface area contributed by atoms with E-state index in [1.165, 1.54) is 6.42 Å². The van der Waals surface area contributed by atoms with E-state index in [1.54, 1.807) is 29.2 Å². The van der Waals surface area contributed by atoms with Crippen LogP contribution in [0.2, 0.25) is 15.1 Å². The highest BCUT2D eigenvalue weighted by molar-refractivity contribution is 6.35. The predicted octanol–water partition coefficient (Wildman–Crippen LogP) is 7.28. The maximum Gasteiger partial charge on any atom is 0.243 e. The van der Waals surface area contributed by atoms with Gasteiger partial charge in [-0.3, -0.25) is 9.59 Å². The maximum atomic E-state index is 13.9. The summed E-state index contributed by atoms with van der Waals surface area (Å²) in [6.45, 7) is 0.175. The molecule has 3 aromatic rings. The Morgan fingerprint density at radius 3 is 2.24 bits per heavy atom. The van der Waals surface area contributed by atoms with Crippen molar-refractivity contribution < 1.29 is 9.59 Å². The molecular formula is C30H31Cl3N2O2. The molecule has 0 heterocycles. The molecule has 1 aliphatic carbocycles. The van der Waals surface area contributed by atoms with Crippen molar-refractivity contribution in [3.05, 3.63) is 105 Å². The summed E-state index contributed by atoms with van der Waals surface area (Å²) in [6, 6.07) is 21.7. The van der Waals surface area contributed by atoms with Gasteiger partial charge < -0.3 is 10.2 Å². The van der Waals surface area contributed by atoms with Crippen LogP contribution in [-0.4, -0.2) is 28.8 Å². The predicted molar refractivity (Wildman–Crippen MR) is 151 cm³/mol. The molecule has 0 radical (unpaired) electrons. The molecule has 1 atom stereocenters. The molecule has 1 N–H and O–H groups in total. The highest BCUT2D eigenvalue weighted by atomic mass is 35.5. The van der Waals surface area contributed by atoms with E-state index in [9.17, 15) is 9.59 Å². The van der Waals surface area contributed by atoms with Crippen molar-refractivity contribution in [3.63, 3.8) is 0 Å². The SMILES string of the molecule is O=C(NC1CCCCC1)[C@H](Cc1ccccc1)N(Cc1ccc(Cl)cc1Cl)C(=O)Cc1ccccc1Cl. The molecule has 1 fully saturated rings. The Bertz CT molecular complexity index is 1210. The van der Waals surface area contributed by atoms with Crippen LogP contribution in [0.15, 0.2) is 72.8 Å². The van der Waals surface area contributed by atoms with Gasteiger partial charge in [0.15, 0.2) is 0 Å². The number of hydrogen-bond acceptors (Lipinski definition) is 2. The Hall–Kier alpha value is -2.53. The molecule has 37 heavy (non-hydrogen) atoms. The normalized spacial score (nSPS) is 14.7. The van der Waals surface area contributed by atoms with Gasteiger partial charge in [-0.25, -0.2) is 0 Å². The van der Waals surface area contributed by atoms with Crippen molar-refractivity contribution in [3.8, 4) is 0 Å². The summed E-state index contributed by atoms with van der Waals surface area (Å²) in [7, 11) is 0. The maximum absolute atomic E-state index is 13.9. The first-order chi connectivity index (χ1) is 17.9. The summed E-state index contributed by atoms with van der Waals surface area (Å²) >= 11 is 19.0. The second-order valence-electron chi connectivity index (χ2n) is 9.57. The van der Waals surface area contributed by atoms with Crippen LogP contribution in [0.25, 0.3) is 0 Å². The van der Waals surface area contributed by atoms with Crippen molar-refractivity contribution >= 4 is 46.6 Å². The third-order valence-electron chi connectivity index (χ3n) is 6.88. The number of nitrogens with zero attached hydrogens (tertiary/aromatic N) is 1. The van der Waals surface area contributed by atoms with Gasteiger partial charge in [-0.15, -0.1) is 0 Å². The zero-order chi connectivity index (χ0) is 26.2. The zero-order valence-corrected chi connectivity index (χ0v) is 22.9. The Kier molecular flexibility index (Phi) is 9.90. The molecule has 0 aliphatic heterocycles. The minimum absolute atomic E-state index is 0.0763. The highest BCUT2D eigenvalue weighted by Gasteiger charge is 2.32. The summed E-state index contributed by atoms with van der Waals surface area (Å²) < 4.78 is 0. The van der Waals surface area contributed by atoms with Gasteiger partial charge in [0.05, 0.1) is 6.42 Å². The molecule has 3 aromatic carbocycles. The number of rotatable bonds is 9. The lowest BCUT2D eigenvalue weighted by Gasteiger charge is -2.34. The number of amides is 2.